The number of amides is 2. The molecular weight excluding hydrogens is 432 g/mol. The number of carbonyl (C=O) groups is 2. The lowest BCUT2D eigenvalue weighted by Gasteiger charge is -2.08. The molecule has 166 valence electrons. The Bertz CT molecular complexity index is 1180. The Morgan fingerprint density at radius 2 is 1.91 bits per heavy atom. The fraction of sp³-hybridized carbons (Fsp3) is 0.238. The number of aromatic nitrogens is 3. The number of hydrogen-bond donors (Lipinski definition) is 2. The van der Waals surface area contributed by atoms with Gasteiger partial charge in [0.2, 0.25) is 5.91 Å². The van der Waals surface area contributed by atoms with Gasteiger partial charge >= 0.3 is 0 Å². The van der Waals surface area contributed by atoms with E-state index in [0.29, 0.717) is 11.0 Å². The maximum atomic E-state index is 12.3. The SMILES string of the molecule is Cc1ccc(NC(=O)CSc2nnc(CNC(=O)c3cccc([N+](=O)[O-])c3)n2C)cc1C. The monoisotopic (exact) mass is 454 g/mol. The van der Waals surface area contributed by atoms with Gasteiger partial charge in [-0.15, -0.1) is 10.2 Å². The summed E-state index contributed by atoms with van der Waals surface area (Å²) < 4.78 is 1.68. The maximum absolute atomic E-state index is 12.3. The van der Waals surface area contributed by atoms with Gasteiger partial charge in [0.25, 0.3) is 11.6 Å². The molecule has 32 heavy (non-hydrogen) atoms. The molecule has 0 fully saturated rings. The predicted molar refractivity (Wildman–Crippen MR) is 121 cm³/mol. The molecule has 11 heteroatoms. The summed E-state index contributed by atoms with van der Waals surface area (Å²) in [4.78, 5) is 34.9. The van der Waals surface area contributed by atoms with Gasteiger partial charge in [-0.2, -0.15) is 0 Å². The Kier molecular flexibility index (Phi) is 7.21. The first-order chi connectivity index (χ1) is 15.2. The summed E-state index contributed by atoms with van der Waals surface area (Å²) >= 11 is 1.23. The van der Waals surface area contributed by atoms with Gasteiger partial charge in [-0.1, -0.05) is 23.9 Å². The summed E-state index contributed by atoms with van der Waals surface area (Å²) in [5.74, 6) is 0.0140. The van der Waals surface area contributed by atoms with Gasteiger partial charge in [-0.3, -0.25) is 19.7 Å². The van der Waals surface area contributed by atoms with Gasteiger partial charge in [0.05, 0.1) is 17.2 Å². The number of non-ortho nitro benzene ring substituents is 1. The van der Waals surface area contributed by atoms with Crippen LogP contribution in [0.5, 0.6) is 0 Å². The molecule has 0 aliphatic carbocycles. The van der Waals surface area contributed by atoms with Gasteiger partial charge in [-0.25, -0.2) is 0 Å². The minimum absolute atomic E-state index is 0.0838. The fourth-order valence-electron chi connectivity index (χ4n) is 2.79. The van der Waals surface area contributed by atoms with Crippen LogP contribution in [0, 0.1) is 24.0 Å². The Morgan fingerprint density at radius 3 is 2.62 bits per heavy atom. The second-order valence-electron chi connectivity index (χ2n) is 7.08. The molecule has 0 unspecified atom stereocenters. The van der Waals surface area contributed by atoms with Gasteiger partial charge in [-0.05, 0) is 43.2 Å². The average molecular weight is 455 g/mol. The molecule has 0 bridgehead atoms. The second-order valence-corrected chi connectivity index (χ2v) is 8.03. The zero-order valence-electron chi connectivity index (χ0n) is 17.8. The van der Waals surface area contributed by atoms with Gasteiger partial charge in [0, 0.05) is 30.4 Å². The highest BCUT2D eigenvalue weighted by atomic mass is 32.2. The first-order valence-electron chi connectivity index (χ1n) is 9.65. The van der Waals surface area contributed by atoms with E-state index in [1.807, 2.05) is 32.0 Å². The maximum Gasteiger partial charge on any atom is 0.270 e. The van der Waals surface area contributed by atoms with Crippen molar-refractivity contribution in [3.63, 3.8) is 0 Å². The first kappa shape index (κ1) is 22.9. The number of benzene rings is 2. The number of aryl methyl sites for hydroxylation is 2. The van der Waals surface area contributed by atoms with Crippen LogP contribution in [0.4, 0.5) is 11.4 Å². The van der Waals surface area contributed by atoms with Crippen LogP contribution in [0.25, 0.3) is 0 Å². The molecule has 10 nitrogen and oxygen atoms in total. The highest BCUT2D eigenvalue weighted by Crippen LogP contribution is 2.18. The zero-order chi connectivity index (χ0) is 23.3. The largest absolute Gasteiger partial charge is 0.345 e. The highest BCUT2D eigenvalue weighted by Gasteiger charge is 2.15. The Labute approximate surface area is 188 Å². The van der Waals surface area contributed by atoms with Crippen LogP contribution >= 0.6 is 11.8 Å². The highest BCUT2D eigenvalue weighted by molar-refractivity contribution is 7.99. The standard InChI is InChI=1S/C21H22N6O4S/c1-13-7-8-16(9-14(13)2)23-19(28)12-32-21-25-24-18(26(21)3)11-22-20(29)15-5-4-6-17(10-15)27(30)31/h4-10H,11-12H2,1-3H3,(H,22,29)(H,23,28). The third-order valence-corrected chi connectivity index (χ3v) is 5.79. The summed E-state index contributed by atoms with van der Waals surface area (Å²) in [7, 11) is 1.73. The number of thioether (sulfide) groups is 1. The number of rotatable bonds is 8. The predicted octanol–water partition coefficient (Wildman–Crippen LogP) is 3.00. The normalized spacial score (nSPS) is 10.6. The van der Waals surface area contributed by atoms with Crippen molar-refractivity contribution >= 4 is 35.0 Å². The third kappa shape index (κ3) is 5.70. The van der Waals surface area contributed by atoms with E-state index in [0.717, 1.165) is 16.8 Å². The van der Waals surface area contributed by atoms with E-state index in [2.05, 4.69) is 20.8 Å². The van der Waals surface area contributed by atoms with Crippen LogP contribution in [0.15, 0.2) is 47.6 Å². The van der Waals surface area contributed by atoms with Gasteiger partial charge in [0.15, 0.2) is 11.0 Å². The molecule has 3 rings (SSSR count). The topological polar surface area (TPSA) is 132 Å². The molecule has 0 radical (unpaired) electrons. The summed E-state index contributed by atoms with van der Waals surface area (Å²) in [5.41, 5.74) is 3.01. The number of nitro groups is 1. The molecule has 0 aliphatic heterocycles. The van der Waals surface area contributed by atoms with E-state index in [1.54, 1.807) is 11.6 Å². The number of carbonyl (C=O) groups excluding carboxylic acids is 2. The molecule has 2 aromatic carbocycles. The number of nitrogens with zero attached hydrogens (tertiary/aromatic N) is 4. The number of nitrogens with one attached hydrogen (secondary N) is 2. The Balaban J connectivity index is 1.54. The lowest BCUT2D eigenvalue weighted by molar-refractivity contribution is -0.384. The van der Waals surface area contributed by atoms with E-state index in [4.69, 9.17) is 0 Å². The third-order valence-electron chi connectivity index (χ3n) is 4.77. The molecule has 0 aliphatic rings. The molecular formula is C21H22N6O4S. The summed E-state index contributed by atoms with van der Waals surface area (Å²) in [5, 5.41) is 25.0. The van der Waals surface area contributed by atoms with Crippen molar-refractivity contribution < 1.29 is 14.5 Å². The van der Waals surface area contributed by atoms with Gasteiger partial charge < -0.3 is 15.2 Å². The molecule has 2 amide bonds. The second kappa shape index (κ2) is 10.1. The van der Waals surface area contributed by atoms with Crippen LogP contribution in [0.3, 0.4) is 0 Å². The van der Waals surface area contributed by atoms with E-state index in [-0.39, 0.29) is 29.5 Å². The van der Waals surface area contributed by atoms with E-state index >= 15 is 0 Å². The summed E-state index contributed by atoms with van der Waals surface area (Å²) in [6.45, 7) is 4.08. The quantitative estimate of drug-likeness (QED) is 0.304. The smallest absolute Gasteiger partial charge is 0.270 e. The lowest BCUT2D eigenvalue weighted by atomic mass is 10.1. The van der Waals surface area contributed by atoms with Crippen LogP contribution in [0.2, 0.25) is 0 Å². The minimum atomic E-state index is -0.556. The minimum Gasteiger partial charge on any atom is -0.345 e. The van der Waals surface area contributed by atoms with Crippen molar-refractivity contribution in [1.82, 2.24) is 20.1 Å². The molecule has 0 spiro atoms. The van der Waals surface area contributed by atoms with Crippen molar-refractivity contribution in [2.24, 2.45) is 7.05 Å². The van der Waals surface area contributed by atoms with E-state index in [9.17, 15) is 19.7 Å². The zero-order valence-corrected chi connectivity index (χ0v) is 18.6. The Hall–Kier alpha value is -3.73. The summed E-state index contributed by atoms with van der Waals surface area (Å²) in [6.07, 6.45) is 0. The molecule has 0 saturated heterocycles. The van der Waals surface area contributed by atoms with Crippen LogP contribution in [-0.2, 0) is 18.4 Å². The van der Waals surface area contributed by atoms with Crippen LogP contribution < -0.4 is 10.6 Å². The van der Waals surface area contributed by atoms with Gasteiger partial charge in [0.1, 0.15) is 0 Å². The van der Waals surface area contributed by atoms with Crippen molar-refractivity contribution in [2.75, 3.05) is 11.1 Å². The molecule has 1 heterocycles. The van der Waals surface area contributed by atoms with Crippen molar-refractivity contribution in [3.05, 3.63) is 75.1 Å². The van der Waals surface area contributed by atoms with Crippen molar-refractivity contribution in [2.45, 2.75) is 25.5 Å². The van der Waals surface area contributed by atoms with Crippen LogP contribution in [0.1, 0.15) is 27.3 Å². The van der Waals surface area contributed by atoms with Crippen molar-refractivity contribution in [3.8, 4) is 0 Å². The first-order valence-corrected chi connectivity index (χ1v) is 10.6. The van der Waals surface area contributed by atoms with Crippen LogP contribution in [-0.4, -0.2) is 37.3 Å². The lowest BCUT2D eigenvalue weighted by Crippen LogP contribution is -2.24. The summed E-state index contributed by atoms with van der Waals surface area (Å²) in [6, 6.07) is 11.2. The van der Waals surface area contributed by atoms with Crippen molar-refractivity contribution in [1.29, 1.82) is 0 Å². The number of hydrogen-bond acceptors (Lipinski definition) is 7. The molecule has 0 saturated carbocycles. The molecule has 2 N–H and O–H groups in total. The van der Waals surface area contributed by atoms with E-state index in [1.165, 1.54) is 36.0 Å². The van der Waals surface area contributed by atoms with E-state index < -0.39 is 10.8 Å². The molecule has 0 atom stereocenters. The number of nitro benzene ring substituents is 1. The fourth-order valence-corrected chi connectivity index (χ4v) is 3.52. The molecule has 3 aromatic rings. The Morgan fingerprint density at radius 1 is 1.12 bits per heavy atom. The number of anilines is 1. The molecule has 1 aromatic heterocycles. The average Bonchev–Trinajstić information content (AvgIpc) is 3.12.